The Kier molecular flexibility index (Phi) is 5.41. The van der Waals surface area contributed by atoms with Gasteiger partial charge in [-0.2, -0.15) is 0 Å². The Labute approximate surface area is 162 Å². The second kappa shape index (κ2) is 7.77. The van der Waals surface area contributed by atoms with Crippen LogP contribution in [0.15, 0.2) is 65.8 Å². The van der Waals surface area contributed by atoms with Crippen molar-refractivity contribution in [2.75, 3.05) is 10.0 Å². The van der Waals surface area contributed by atoms with Gasteiger partial charge in [0.1, 0.15) is 5.82 Å². The number of hydrogen-bond donors (Lipinski definition) is 2. The van der Waals surface area contributed by atoms with Crippen LogP contribution in [-0.4, -0.2) is 19.3 Å². The molecule has 3 rings (SSSR count). The van der Waals surface area contributed by atoms with E-state index in [1.165, 1.54) is 18.5 Å². The molecule has 144 valence electrons. The molecule has 1 heterocycles. The minimum absolute atomic E-state index is 0.0980. The van der Waals surface area contributed by atoms with Crippen LogP contribution in [0.25, 0.3) is 0 Å². The molecule has 0 unspecified atom stereocenters. The molecule has 0 bridgehead atoms. The molecule has 6 nitrogen and oxygen atoms in total. The smallest absolute Gasteiger partial charge is 0.261 e. The Morgan fingerprint density at radius 1 is 1.04 bits per heavy atom. The van der Waals surface area contributed by atoms with Crippen LogP contribution in [-0.2, 0) is 10.0 Å². The van der Waals surface area contributed by atoms with Gasteiger partial charge in [0.2, 0.25) is 0 Å². The zero-order valence-electron chi connectivity index (χ0n) is 15.2. The number of halogens is 1. The van der Waals surface area contributed by atoms with Crippen LogP contribution >= 0.6 is 0 Å². The molecule has 1 aromatic heterocycles. The van der Waals surface area contributed by atoms with Crippen LogP contribution in [0.3, 0.4) is 0 Å². The zero-order chi connectivity index (χ0) is 20.3. The molecule has 0 aliphatic heterocycles. The first-order chi connectivity index (χ1) is 13.3. The molecule has 0 fully saturated rings. The van der Waals surface area contributed by atoms with E-state index in [9.17, 15) is 17.6 Å². The monoisotopic (exact) mass is 399 g/mol. The Bertz CT molecular complexity index is 1130. The number of rotatable bonds is 5. The number of aryl methyl sites for hydroxylation is 1. The molecule has 0 saturated heterocycles. The first kappa shape index (κ1) is 19.5. The third-order valence-corrected chi connectivity index (χ3v) is 5.63. The highest BCUT2D eigenvalue weighted by Gasteiger charge is 2.16. The van der Waals surface area contributed by atoms with Crippen molar-refractivity contribution >= 4 is 27.3 Å². The minimum Gasteiger partial charge on any atom is -0.322 e. The average molecular weight is 399 g/mol. The molecule has 1 amide bonds. The summed E-state index contributed by atoms with van der Waals surface area (Å²) < 4.78 is 40.2. The van der Waals surface area contributed by atoms with Gasteiger partial charge in [0.05, 0.1) is 22.3 Å². The van der Waals surface area contributed by atoms with Crippen LogP contribution < -0.4 is 10.0 Å². The summed E-state index contributed by atoms with van der Waals surface area (Å²) in [6.45, 7) is 3.84. The number of amides is 1. The summed E-state index contributed by atoms with van der Waals surface area (Å²) >= 11 is 0. The molecule has 3 aromatic rings. The molecule has 2 aromatic carbocycles. The number of aromatic nitrogens is 1. The van der Waals surface area contributed by atoms with Crippen LogP contribution in [0.4, 0.5) is 15.8 Å². The van der Waals surface area contributed by atoms with Crippen LogP contribution in [0.5, 0.6) is 0 Å². The third kappa shape index (κ3) is 4.34. The summed E-state index contributed by atoms with van der Waals surface area (Å²) in [7, 11) is -3.93. The van der Waals surface area contributed by atoms with Crippen LogP contribution in [0, 0.1) is 19.7 Å². The lowest BCUT2D eigenvalue weighted by Gasteiger charge is -2.11. The number of hydrogen-bond acceptors (Lipinski definition) is 4. The Morgan fingerprint density at radius 2 is 1.75 bits per heavy atom. The van der Waals surface area contributed by atoms with Gasteiger partial charge in [-0.3, -0.25) is 14.5 Å². The van der Waals surface area contributed by atoms with Gasteiger partial charge in [0, 0.05) is 11.9 Å². The summed E-state index contributed by atoms with van der Waals surface area (Å²) in [5, 5.41) is 2.80. The topological polar surface area (TPSA) is 88.2 Å². The molecule has 0 radical (unpaired) electrons. The van der Waals surface area contributed by atoms with Crippen molar-refractivity contribution < 1.29 is 17.6 Å². The van der Waals surface area contributed by atoms with E-state index >= 15 is 0 Å². The Morgan fingerprint density at radius 3 is 2.46 bits per heavy atom. The van der Waals surface area contributed by atoms with E-state index in [4.69, 9.17) is 0 Å². The van der Waals surface area contributed by atoms with Gasteiger partial charge >= 0.3 is 0 Å². The number of carbonyl (C=O) groups is 1. The van der Waals surface area contributed by atoms with E-state index in [0.29, 0.717) is 5.69 Å². The second-order valence-electron chi connectivity index (χ2n) is 6.22. The summed E-state index contributed by atoms with van der Waals surface area (Å²) in [5.41, 5.74) is 2.97. The number of sulfonamides is 1. The lowest BCUT2D eigenvalue weighted by Crippen LogP contribution is -2.16. The van der Waals surface area contributed by atoms with Crippen molar-refractivity contribution in [3.05, 3.63) is 83.4 Å². The minimum atomic E-state index is -3.93. The van der Waals surface area contributed by atoms with Crippen molar-refractivity contribution in [1.82, 2.24) is 4.98 Å². The summed E-state index contributed by atoms with van der Waals surface area (Å²) in [6.07, 6.45) is 2.63. The van der Waals surface area contributed by atoms with Crippen molar-refractivity contribution in [3.8, 4) is 0 Å². The second-order valence-corrected chi connectivity index (χ2v) is 7.91. The number of carbonyl (C=O) groups excluding carboxylic acids is 1. The van der Waals surface area contributed by atoms with Crippen molar-refractivity contribution in [2.24, 2.45) is 0 Å². The number of anilines is 2. The lowest BCUT2D eigenvalue weighted by molar-refractivity contribution is 0.102. The maximum absolute atomic E-state index is 13.0. The van der Waals surface area contributed by atoms with E-state index in [-0.39, 0.29) is 16.1 Å². The van der Waals surface area contributed by atoms with E-state index in [1.54, 1.807) is 6.07 Å². The van der Waals surface area contributed by atoms with Gasteiger partial charge in [-0.25, -0.2) is 12.8 Å². The Hall–Kier alpha value is -3.26. The summed E-state index contributed by atoms with van der Waals surface area (Å²) in [6, 6.07) is 11.4. The lowest BCUT2D eigenvalue weighted by atomic mass is 10.1. The Balaban J connectivity index is 1.81. The molecule has 0 atom stereocenters. The molecular weight excluding hydrogens is 381 g/mol. The van der Waals surface area contributed by atoms with E-state index in [1.807, 2.05) is 26.0 Å². The van der Waals surface area contributed by atoms with Gasteiger partial charge in [-0.15, -0.1) is 0 Å². The van der Waals surface area contributed by atoms with Gasteiger partial charge in [0.25, 0.3) is 15.9 Å². The van der Waals surface area contributed by atoms with Crippen molar-refractivity contribution in [3.63, 3.8) is 0 Å². The predicted molar refractivity (Wildman–Crippen MR) is 105 cm³/mol. The van der Waals surface area contributed by atoms with Gasteiger partial charge in [0.15, 0.2) is 0 Å². The standard InChI is InChI=1S/C20H18FN3O3S/c1-13-4-3-5-19(14(13)2)23-20(25)15-10-17(12-22-11-15)24-28(26,27)18-8-6-16(21)7-9-18/h3-12,24H,1-2H3,(H,23,25). The van der Waals surface area contributed by atoms with E-state index in [2.05, 4.69) is 15.0 Å². The normalized spacial score (nSPS) is 11.1. The summed E-state index contributed by atoms with van der Waals surface area (Å²) in [4.78, 5) is 16.4. The molecule has 28 heavy (non-hydrogen) atoms. The molecule has 0 saturated carbocycles. The number of pyridine rings is 1. The molecular formula is C20H18FN3O3S. The molecule has 0 aliphatic carbocycles. The quantitative estimate of drug-likeness (QED) is 0.681. The van der Waals surface area contributed by atoms with Crippen LogP contribution in [0.1, 0.15) is 21.5 Å². The molecule has 8 heteroatoms. The maximum Gasteiger partial charge on any atom is 0.261 e. The highest BCUT2D eigenvalue weighted by Crippen LogP contribution is 2.20. The SMILES string of the molecule is Cc1cccc(NC(=O)c2cncc(NS(=O)(=O)c3ccc(F)cc3)c2)c1C. The predicted octanol–water partition coefficient (Wildman–Crippen LogP) is 3.89. The molecule has 2 N–H and O–H groups in total. The molecule has 0 aliphatic rings. The van der Waals surface area contributed by atoms with Gasteiger partial charge < -0.3 is 5.32 Å². The first-order valence-corrected chi connectivity index (χ1v) is 9.85. The number of benzene rings is 2. The highest BCUT2D eigenvalue weighted by atomic mass is 32.2. The van der Waals surface area contributed by atoms with Gasteiger partial charge in [-0.05, 0) is 61.4 Å². The van der Waals surface area contributed by atoms with Gasteiger partial charge in [-0.1, -0.05) is 12.1 Å². The fraction of sp³-hybridized carbons (Fsp3) is 0.100. The van der Waals surface area contributed by atoms with Crippen LogP contribution in [0.2, 0.25) is 0 Å². The maximum atomic E-state index is 13.0. The van der Waals surface area contributed by atoms with Crippen molar-refractivity contribution in [1.29, 1.82) is 0 Å². The average Bonchev–Trinajstić information content (AvgIpc) is 2.65. The number of nitrogens with one attached hydrogen (secondary N) is 2. The van der Waals surface area contributed by atoms with E-state index < -0.39 is 21.7 Å². The highest BCUT2D eigenvalue weighted by molar-refractivity contribution is 7.92. The third-order valence-electron chi connectivity index (χ3n) is 4.23. The zero-order valence-corrected chi connectivity index (χ0v) is 16.0. The van der Waals surface area contributed by atoms with Crippen molar-refractivity contribution in [2.45, 2.75) is 18.7 Å². The summed E-state index contributed by atoms with van der Waals surface area (Å²) in [5.74, 6) is -0.949. The van der Waals surface area contributed by atoms with E-state index in [0.717, 1.165) is 35.4 Å². The first-order valence-electron chi connectivity index (χ1n) is 8.37. The molecule has 0 spiro atoms. The fourth-order valence-electron chi connectivity index (χ4n) is 2.53. The largest absolute Gasteiger partial charge is 0.322 e. The number of nitrogens with zero attached hydrogens (tertiary/aromatic N) is 1. The fourth-order valence-corrected chi connectivity index (χ4v) is 3.56.